The molecule has 0 saturated heterocycles. The van der Waals surface area contributed by atoms with Crippen LogP contribution in [0.15, 0.2) is 54.9 Å². The third kappa shape index (κ3) is 7.79. The fraction of sp³-hybridized carbons (Fsp3) is 0.344. The molecule has 1 fully saturated rings. The van der Waals surface area contributed by atoms with E-state index in [1.54, 1.807) is 58.3 Å². The average molecular weight is 593 g/mol. The number of benzene rings is 2. The molecule has 2 aromatic carbocycles. The van der Waals surface area contributed by atoms with Crippen LogP contribution in [0.4, 0.5) is 25.0 Å². The minimum Gasteiger partial charge on any atom is -0.492 e. The van der Waals surface area contributed by atoms with Crippen LogP contribution in [0.25, 0.3) is 10.9 Å². The Labute approximate surface area is 248 Å². The van der Waals surface area contributed by atoms with Crippen molar-refractivity contribution >= 4 is 28.4 Å². The predicted octanol–water partition coefficient (Wildman–Crippen LogP) is 7.54. The van der Waals surface area contributed by atoms with Crippen LogP contribution < -0.4 is 19.5 Å². The number of carbonyl (C=O) groups excluding carboxylic acids is 1. The highest BCUT2D eigenvalue weighted by atomic mass is 19.1. The molecule has 0 unspecified atom stereocenters. The molecule has 43 heavy (non-hydrogen) atoms. The minimum absolute atomic E-state index is 0.148. The first-order valence-corrected chi connectivity index (χ1v) is 14.0. The second-order valence-corrected chi connectivity index (χ2v) is 11.4. The van der Waals surface area contributed by atoms with Gasteiger partial charge in [0.15, 0.2) is 17.4 Å². The summed E-state index contributed by atoms with van der Waals surface area (Å²) in [5, 5.41) is 3.54. The van der Waals surface area contributed by atoms with Gasteiger partial charge in [-0.15, -0.1) is 0 Å². The SMILES string of the molecule is Cc1cc(OC2CC2)c(Nc2cc(F)c(Oc3ccnc4cc(OCCN(C)C(=O)OC(C)(C)C)ccc34)c(F)c2)cn1. The highest BCUT2D eigenvalue weighted by molar-refractivity contribution is 5.86. The van der Waals surface area contributed by atoms with Crippen LogP contribution in [0.3, 0.4) is 0 Å². The number of nitrogens with zero attached hydrogens (tertiary/aromatic N) is 3. The van der Waals surface area contributed by atoms with Gasteiger partial charge in [-0.2, -0.15) is 0 Å². The molecular weight excluding hydrogens is 558 g/mol. The minimum atomic E-state index is -0.883. The van der Waals surface area contributed by atoms with E-state index in [9.17, 15) is 4.79 Å². The number of nitrogens with one attached hydrogen (secondary N) is 1. The van der Waals surface area contributed by atoms with Gasteiger partial charge in [0.1, 0.15) is 29.5 Å². The molecule has 0 aliphatic heterocycles. The van der Waals surface area contributed by atoms with Crippen molar-refractivity contribution in [3.63, 3.8) is 0 Å². The van der Waals surface area contributed by atoms with Crippen molar-refractivity contribution in [1.82, 2.24) is 14.9 Å². The van der Waals surface area contributed by atoms with E-state index >= 15 is 8.78 Å². The number of anilines is 2. The fourth-order valence-electron chi connectivity index (χ4n) is 4.10. The normalized spacial score (nSPS) is 13.0. The number of aromatic nitrogens is 2. The standard InChI is InChI=1S/C32H34F2N4O5/c1-19-14-29(41-21-6-7-21)27(18-36-19)37-20-15-24(33)30(25(34)16-20)42-28-10-11-35-26-17-22(8-9-23(26)28)40-13-12-38(5)31(39)43-32(2,3)4/h8-11,14-18,21,37H,6-7,12-13H2,1-5H3. The molecule has 1 N–H and O–H groups in total. The largest absolute Gasteiger partial charge is 0.492 e. The second-order valence-electron chi connectivity index (χ2n) is 11.4. The van der Waals surface area contributed by atoms with Gasteiger partial charge in [-0.25, -0.2) is 13.6 Å². The maximum absolute atomic E-state index is 15.2. The maximum atomic E-state index is 15.2. The average Bonchev–Trinajstić information content (AvgIpc) is 3.75. The van der Waals surface area contributed by atoms with Crippen LogP contribution in [-0.2, 0) is 4.74 Å². The number of hydrogen-bond acceptors (Lipinski definition) is 8. The van der Waals surface area contributed by atoms with E-state index in [1.165, 1.54) is 17.2 Å². The van der Waals surface area contributed by atoms with Crippen molar-refractivity contribution in [2.45, 2.75) is 52.2 Å². The zero-order valence-corrected chi connectivity index (χ0v) is 24.7. The number of carbonyl (C=O) groups is 1. The van der Waals surface area contributed by atoms with Crippen LogP contribution in [0.5, 0.6) is 23.0 Å². The Balaban J connectivity index is 1.27. The molecule has 0 spiro atoms. The second kappa shape index (κ2) is 12.3. The molecule has 2 heterocycles. The van der Waals surface area contributed by atoms with Crippen molar-refractivity contribution in [3.05, 3.63) is 72.2 Å². The van der Waals surface area contributed by atoms with Gasteiger partial charge < -0.3 is 29.2 Å². The molecular formula is C32H34F2N4O5. The molecule has 1 aliphatic carbocycles. The van der Waals surface area contributed by atoms with E-state index in [0.29, 0.717) is 34.6 Å². The first kappa shape index (κ1) is 29.8. The van der Waals surface area contributed by atoms with Gasteiger partial charge in [0, 0.05) is 54.3 Å². The Morgan fingerprint density at radius 2 is 1.79 bits per heavy atom. The molecule has 5 rings (SSSR count). The number of likely N-dealkylation sites (N-methyl/N-ethyl adjacent to an activating group) is 1. The Morgan fingerprint density at radius 1 is 1.05 bits per heavy atom. The van der Waals surface area contributed by atoms with Gasteiger partial charge in [-0.1, -0.05) is 0 Å². The van der Waals surface area contributed by atoms with Crippen molar-refractivity contribution in [1.29, 1.82) is 0 Å². The van der Waals surface area contributed by atoms with Crippen molar-refractivity contribution in [2.24, 2.45) is 0 Å². The molecule has 4 aromatic rings. The zero-order chi connectivity index (χ0) is 30.7. The predicted molar refractivity (Wildman–Crippen MR) is 158 cm³/mol. The van der Waals surface area contributed by atoms with Crippen molar-refractivity contribution < 1.29 is 32.5 Å². The summed E-state index contributed by atoms with van der Waals surface area (Å²) in [5.41, 5.74) is 1.39. The van der Waals surface area contributed by atoms with Gasteiger partial charge in [-0.05, 0) is 58.7 Å². The van der Waals surface area contributed by atoms with Gasteiger partial charge >= 0.3 is 6.09 Å². The monoisotopic (exact) mass is 592 g/mol. The molecule has 226 valence electrons. The van der Waals surface area contributed by atoms with Gasteiger partial charge in [0.2, 0.25) is 0 Å². The van der Waals surface area contributed by atoms with E-state index in [2.05, 4.69) is 15.3 Å². The molecule has 9 nitrogen and oxygen atoms in total. The Bertz CT molecular complexity index is 1620. The van der Waals surface area contributed by atoms with Crippen LogP contribution in [0.2, 0.25) is 0 Å². The topological polar surface area (TPSA) is 95.0 Å². The number of amides is 1. The lowest BCUT2D eigenvalue weighted by Gasteiger charge is -2.24. The van der Waals surface area contributed by atoms with Crippen LogP contribution in [0, 0.1) is 18.6 Å². The third-order valence-electron chi connectivity index (χ3n) is 6.38. The summed E-state index contributed by atoms with van der Waals surface area (Å²) >= 11 is 0. The lowest BCUT2D eigenvalue weighted by Crippen LogP contribution is -2.36. The molecule has 0 radical (unpaired) electrons. The number of aryl methyl sites for hydroxylation is 1. The van der Waals surface area contributed by atoms with Crippen molar-refractivity contribution in [2.75, 3.05) is 25.5 Å². The van der Waals surface area contributed by atoms with E-state index in [0.717, 1.165) is 30.7 Å². The summed E-state index contributed by atoms with van der Waals surface area (Å²) in [6, 6.07) is 10.7. The molecule has 1 aliphatic rings. The number of ether oxygens (including phenoxy) is 4. The maximum Gasteiger partial charge on any atom is 0.410 e. The number of pyridine rings is 2. The number of halogens is 2. The van der Waals surface area contributed by atoms with Gasteiger partial charge in [-0.3, -0.25) is 9.97 Å². The molecule has 1 amide bonds. The van der Waals surface area contributed by atoms with Crippen LogP contribution >= 0.6 is 0 Å². The third-order valence-corrected chi connectivity index (χ3v) is 6.38. The fourth-order valence-corrected chi connectivity index (χ4v) is 4.10. The summed E-state index contributed by atoms with van der Waals surface area (Å²) < 4.78 is 53.1. The Kier molecular flexibility index (Phi) is 8.52. The highest BCUT2D eigenvalue weighted by Crippen LogP contribution is 2.37. The van der Waals surface area contributed by atoms with E-state index < -0.39 is 29.1 Å². The summed E-state index contributed by atoms with van der Waals surface area (Å²) in [5.74, 6) is -0.990. The molecule has 0 atom stereocenters. The molecule has 0 bridgehead atoms. The molecule has 2 aromatic heterocycles. The summed E-state index contributed by atoms with van der Waals surface area (Å²) in [4.78, 5) is 22.2. The summed E-state index contributed by atoms with van der Waals surface area (Å²) in [6.45, 7) is 7.78. The number of fused-ring (bicyclic) bond motifs is 1. The lowest BCUT2D eigenvalue weighted by atomic mass is 10.2. The first-order valence-electron chi connectivity index (χ1n) is 14.0. The molecule has 11 heteroatoms. The Morgan fingerprint density at radius 3 is 2.49 bits per heavy atom. The van der Waals surface area contributed by atoms with Gasteiger partial charge in [0.05, 0.1) is 30.0 Å². The van der Waals surface area contributed by atoms with Crippen LogP contribution in [-0.4, -0.2) is 52.9 Å². The van der Waals surface area contributed by atoms with E-state index in [1.807, 2.05) is 6.92 Å². The number of rotatable bonds is 10. The summed E-state index contributed by atoms with van der Waals surface area (Å²) in [6.07, 6.45) is 4.71. The highest BCUT2D eigenvalue weighted by Gasteiger charge is 2.25. The number of hydrogen-bond donors (Lipinski definition) is 1. The smallest absolute Gasteiger partial charge is 0.410 e. The quantitative estimate of drug-likeness (QED) is 0.202. The van der Waals surface area contributed by atoms with Crippen molar-refractivity contribution in [3.8, 4) is 23.0 Å². The van der Waals surface area contributed by atoms with Gasteiger partial charge in [0.25, 0.3) is 0 Å². The lowest BCUT2D eigenvalue weighted by molar-refractivity contribution is 0.0278. The van der Waals surface area contributed by atoms with Crippen LogP contribution in [0.1, 0.15) is 39.3 Å². The first-order chi connectivity index (χ1) is 20.4. The Hall–Kier alpha value is -4.67. The zero-order valence-electron chi connectivity index (χ0n) is 24.7. The summed E-state index contributed by atoms with van der Waals surface area (Å²) in [7, 11) is 1.63. The molecule has 1 saturated carbocycles. The van der Waals surface area contributed by atoms with E-state index in [4.69, 9.17) is 18.9 Å². The van der Waals surface area contributed by atoms with E-state index in [-0.39, 0.29) is 24.1 Å².